The Morgan fingerprint density at radius 3 is 2.64 bits per heavy atom. The normalized spacial score (nSPS) is 16.5. The van der Waals surface area contributed by atoms with Crippen molar-refractivity contribution in [2.45, 2.75) is 12.3 Å². The topological polar surface area (TPSA) is 110 Å². The van der Waals surface area contributed by atoms with E-state index in [1.54, 1.807) is 24.3 Å². The average molecular weight is 461 g/mol. The van der Waals surface area contributed by atoms with Crippen LogP contribution in [-0.2, 0) is 10.9 Å². The van der Waals surface area contributed by atoms with Gasteiger partial charge in [0.25, 0.3) is 5.91 Å². The van der Waals surface area contributed by atoms with E-state index in [0.29, 0.717) is 18.8 Å². The number of anilines is 1. The fourth-order valence-corrected chi connectivity index (χ4v) is 3.29. The fraction of sp³-hybridized carbons (Fsp3) is 0.238. The van der Waals surface area contributed by atoms with E-state index < -0.39 is 29.8 Å². The van der Waals surface area contributed by atoms with Crippen LogP contribution < -0.4 is 5.32 Å². The molecule has 4 rings (SSSR count). The zero-order valence-electron chi connectivity index (χ0n) is 17.0. The van der Waals surface area contributed by atoms with Crippen LogP contribution in [0.15, 0.2) is 55.0 Å². The summed E-state index contributed by atoms with van der Waals surface area (Å²) in [6.45, 7) is 0.813. The van der Waals surface area contributed by atoms with Gasteiger partial charge in [0.1, 0.15) is 6.10 Å². The van der Waals surface area contributed by atoms with E-state index in [2.05, 4.69) is 15.4 Å². The van der Waals surface area contributed by atoms with Gasteiger partial charge in [-0.1, -0.05) is 12.1 Å². The third kappa shape index (κ3) is 5.12. The van der Waals surface area contributed by atoms with Gasteiger partial charge in [0.05, 0.1) is 30.5 Å². The van der Waals surface area contributed by atoms with Crippen molar-refractivity contribution in [3.63, 3.8) is 0 Å². The van der Waals surface area contributed by atoms with E-state index in [4.69, 9.17) is 9.84 Å². The van der Waals surface area contributed by atoms with Crippen LogP contribution in [0.25, 0.3) is 5.82 Å². The first-order chi connectivity index (χ1) is 15.7. The Morgan fingerprint density at radius 2 is 1.94 bits per heavy atom. The number of carbonyl (C=O) groups excluding carboxylic acids is 1. The highest BCUT2D eigenvalue weighted by Crippen LogP contribution is 2.29. The van der Waals surface area contributed by atoms with Crippen LogP contribution in [0.4, 0.5) is 23.7 Å². The Bertz CT molecular complexity index is 1160. The Kier molecular flexibility index (Phi) is 6.01. The summed E-state index contributed by atoms with van der Waals surface area (Å²) in [6, 6.07) is 8.43. The van der Waals surface area contributed by atoms with E-state index in [9.17, 15) is 22.8 Å². The number of amides is 2. The van der Waals surface area contributed by atoms with Crippen LogP contribution in [0, 0.1) is 0 Å². The van der Waals surface area contributed by atoms with Crippen LogP contribution in [0.1, 0.15) is 27.6 Å². The number of carboxylic acid groups (broad SMARTS) is 1. The minimum absolute atomic E-state index is 0.0730. The Balaban J connectivity index is 1.42. The van der Waals surface area contributed by atoms with Gasteiger partial charge < -0.3 is 20.1 Å². The molecule has 2 N–H and O–H groups in total. The zero-order valence-corrected chi connectivity index (χ0v) is 17.0. The maximum absolute atomic E-state index is 12.9. The molecule has 0 saturated carbocycles. The number of halogens is 3. The number of pyridine rings is 1. The van der Waals surface area contributed by atoms with Crippen LogP contribution in [0.2, 0.25) is 0 Å². The first-order valence-corrected chi connectivity index (χ1v) is 9.80. The van der Waals surface area contributed by atoms with Crippen molar-refractivity contribution in [1.82, 2.24) is 19.7 Å². The van der Waals surface area contributed by atoms with E-state index >= 15 is 0 Å². The van der Waals surface area contributed by atoms with Crippen molar-refractivity contribution in [1.29, 1.82) is 0 Å². The Morgan fingerprint density at radius 1 is 1.18 bits per heavy atom. The molecule has 0 aliphatic carbocycles. The van der Waals surface area contributed by atoms with Crippen molar-refractivity contribution in [2.75, 3.05) is 25.0 Å². The van der Waals surface area contributed by atoms with Crippen LogP contribution in [0.3, 0.4) is 0 Å². The number of ether oxygens (including phenoxy) is 1. The SMILES string of the molecule is O=C(Nc1ccc(C2CN(C(=O)O)CCO2)cc1)c1cnn(-c2cc(C(F)(F)F)ccn2)c1. The number of hydrogen-bond acceptors (Lipinski definition) is 5. The van der Waals surface area contributed by atoms with Crippen LogP contribution >= 0.6 is 0 Å². The largest absolute Gasteiger partial charge is 0.465 e. The summed E-state index contributed by atoms with van der Waals surface area (Å²) in [5.74, 6) is -0.581. The minimum atomic E-state index is -4.52. The van der Waals surface area contributed by atoms with E-state index in [-0.39, 0.29) is 17.9 Å². The molecule has 1 fully saturated rings. The number of nitrogens with one attached hydrogen (secondary N) is 1. The van der Waals surface area contributed by atoms with Gasteiger partial charge in [-0.15, -0.1) is 0 Å². The number of nitrogens with zero attached hydrogens (tertiary/aromatic N) is 4. The average Bonchev–Trinajstić information content (AvgIpc) is 3.30. The van der Waals surface area contributed by atoms with Crippen molar-refractivity contribution >= 4 is 17.7 Å². The second kappa shape index (κ2) is 8.90. The molecule has 0 radical (unpaired) electrons. The highest BCUT2D eigenvalue weighted by atomic mass is 19.4. The number of aromatic nitrogens is 3. The molecular weight excluding hydrogens is 443 g/mol. The number of rotatable bonds is 4. The Hall–Kier alpha value is -3.93. The van der Waals surface area contributed by atoms with Gasteiger partial charge in [0.15, 0.2) is 5.82 Å². The third-order valence-electron chi connectivity index (χ3n) is 5.03. The molecule has 1 aliphatic heterocycles. The number of carbonyl (C=O) groups is 2. The minimum Gasteiger partial charge on any atom is -0.465 e. The number of benzene rings is 1. The molecule has 1 aromatic carbocycles. The summed E-state index contributed by atoms with van der Waals surface area (Å²) in [6.07, 6.45) is -2.41. The summed E-state index contributed by atoms with van der Waals surface area (Å²) >= 11 is 0. The smallest absolute Gasteiger partial charge is 0.416 e. The maximum Gasteiger partial charge on any atom is 0.416 e. The summed E-state index contributed by atoms with van der Waals surface area (Å²) in [5.41, 5.74) is 0.496. The molecule has 2 amide bonds. The zero-order chi connectivity index (χ0) is 23.6. The number of morpholine rings is 1. The van der Waals surface area contributed by atoms with Gasteiger partial charge in [-0.2, -0.15) is 18.3 Å². The van der Waals surface area contributed by atoms with Gasteiger partial charge >= 0.3 is 12.3 Å². The van der Waals surface area contributed by atoms with Gasteiger partial charge in [0, 0.05) is 24.6 Å². The summed E-state index contributed by atoms with van der Waals surface area (Å²) in [5, 5.41) is 15.7. The molecule has 3 aromatic rings. The summed E-state index contributed by atoms with van der Waals surface area (Å²) in [4.78, 5) is 28.8. The lowest BCUT2D eigenvalue weighted by Gasteiger charge is -2.31. The monoisotopic (exact) mass is 461 g/mol. The van der Waals surface area contributed by atoms with E-state index in [0.717, 1.165) is 28.6 Å². The summed E-state index contributed by atoms with van der Waals surface area (Å²) < 4.78 is 45.4. The molecule has 12 heteroatoms. The number of alkyl halides is 3. The molecular formula is C21H18F3N5O4. The maximum atomic E-state index is 12.9. The van der Waals surface area contributed by atoms with Gasteiger partial charge in [-0.3, -0.25) is 4.79 Å². The molecule has 1 aliphatic rings. The molecule has 9 nitrogen and oxygen atoms in total. The molecule has 1 saturated heterocycles. The predicted molar refractivity (Wildman–Crippen MR) is 109 cm³/mol. The highest BCUT2D eigenvalue weighted by molar-refractivity contribution is 6.04. The molecule has 1 atom stereocenters. The second-order valence-electron chi connectivity index (χ2n) is 7.24. The van der Waals surface area contributed by atoms with Crippen molar-refractivity contribution in [3.8, 4) is 5.82 Å². The van der Waals surface area contributed by atoms with Crippen LogP contribution in [-0.4, -0.2) is 56.5 Å². The van der Waals surface area contributed by atoms with E-state index in [1.807, 2.05) is 0 Å². The van der Waals surface area contributed by atoms with Crippen LogP contribution in [0.5, 0.6) is 0 Å². The number of hydrogen-bond donors (Lipinski definition) is 2. The lowest BCUT2D eigenvalue weighted by molar-refractivity contribution is -0.137. The first kappa shape index (κ1) is 22.3. The molecule has 33 heavy (non-hydrogen) atoms. The van der Waals surface area contributed by atoms with Crippen molar-refractivity contribution in [3.05, 3.63) is 71.7 Å². The fourth-order valence-electron chi connectivity index (χ4n) is 3.29. The lowest BCUT2D eigenvalue weighted by atomic mass is 10.1. The van der Waals surface area contributed by atoms with Gasteiger partial charge in [0.2, 0.25) is 0 Å². The molecule has 172 valence electrons. The highest BCUT2D eigenvalue weighted by Gasteiger charge is 2.31. The second-order valence-corrected chi connectivity index (χ2v) is 7.24. The molecule has 2 aromatic heterocycles. The molecule has 0 spiro atoms. The van der Waals surface area contributed by atoms with Crippen molar-refractivity contribution in [2.24, 2.45) is 0 Å². The molecule has 3 heterocycles. The first-order valence-electron chi connectivity index (χ1n) is 9.80. The predicted octanol–water partition coefficient (Wildman–Crippen LogP) is 3.59. The van der Waals surface area contributed by atoms with E-state index in [1.165, 1.54) is 17.3 Å². The van der Waals surface area contributed by atoms with Gasteiger partial charge in [-0.25, -0.2) is 14.5 Å². The summed E-state index contributed by atoms with van der Waals surface area (Å²) in [7, 11) is 0. The van der Waals surface area contributed by atoms with Gasteiger partial charge in [-0.05, 0) is 29.8 Å². The lowest BCUT2D eigenvalue weighted by Crippen LogP contribution is -2.41. The quantitative estimate of drug-likeness (QED) is 0.615. The third-order valence-corrected chi connectivity index (χ3v) is 5.03. The molecule has 0 bridgehead atoms. The standard InChI is InChI=1S/C21H18F3N5O4/c22-21(23,24)15-5-6-25-18(9-15)29-11-14(10-26-29)19(30)27-16-3-1-13(2-4-16)17-12-28(20(31)32)7-8-33-17/h1-6,9-11,17H,7-8,12H2,(H,27,30)(H,31,32). The van der Waals surface area contributed by atoms with Crippen molar-refractivity contribution < 1.29 is 32.6 Å². The molecule has 1 unspecified atom stereocenters. The Labute approximate surface area is 185 Å².